The van der Waals surface area contributed by atoms with Crippen molar-refractivity contribution in [3.05, 3.63) is 64.7 Å². The topological polar surface area (TPSA) is 9.23 Å². The molecule has 0 bridgehead atoms. The van der Waals surface area contributed by atoms with Gasteiger partial charge in [0.1, 0.15) is 5.75 Å². The highest BCUT2D eigenvalue weighted by molar-refractivity contribution is 6.20. The van der Waals surface area contributed by atoms with E-state index in [4.69, 9.17) is 16.3 Å². The standard InChI is InChI=1S/C17H19ClO/c1-12-7-8-14(9-13(12)2)10-17(18)15-5-4-6-16(11-15)19-3/h4-9,11,17H,10H2,1-3H3. The summed E-state index contributed by atoms with van der Waals surface area (Å²) in [7, 11) is 1.67. The third-order valence-electron chi connectivity index (χ3n) is 3.44. The monoisotopic (exact) mass is 274 g/mol. The van der Waals surface area contributed by atoms with Crippen molar-refractivity contribution < 1.29 is 4.74 Å². The number of methoxy groups -OCH3 is 1. The maximum atomic E-state index is 6.51. The van der Waals surface area contributed by atoms with Crippen LogP contribution in [0, 0.1) is 13.8 Å². The first-order valence-electron chi connectivity index (χ1n) is 6.44. The van der Waals surface area contributed by atoms with Gasteiger partial charge in [0.25, 0.3) is 0 Å². The fourth-order valence-corrected chi connectivity index (χ4v) is 2.41. The Labute approximate surface area is 120 Å². The summed E-state index contributed by atoms with van der Waals surface area (Å²) >= 11 is 6.51. The highest BCUT2D eigenvalue weighted by Gasteiger charge is 2.10. The van der Waals surface area contributed by atoms with E-state index >= 15 is 0 Å². The molecule has 2 heteroatoms. The van der Waals surface area contributed by atoms with Crippen LogP contribution < -0.4 is 4.74 Å². The van der Waals surface area contributed by atoms with Crippen LogP contribution in [0.1, 0.15) is 27.6 Å². The molecule has 0 aromatic heterocycles. The largest absolute Gasteiger partial charge is 0.497 e. The van der Waals surface area contributed by atoms with Gasteiger partial charge in [0.2, 0.25) is 0 Å². The first kappa shape index (κ1) is 14.0. The minimum absolute atomic E-state index is 0.0304. The molecule has 0 aliphatic rings. The Morgan fingerprint density at radius 1 is 1.05 bits per heavy atom. The molecule has 19 heavy (non-hydrogen) atoms. The normalized spacial score (nSPS) is 12.2. The van der Waals surface area contributed by atoms with Crippen molar-refractivity contribution >= 4 is 11.6 Å². The summed E-state index contributed by atoms with van der Waals surface area (Å²) in [6.07, 6.45) is 0.829. The molecule has 0 heterocycles. The molecule has 0 amide bonds. The Balaban J connectivity index is 2.15. The number of benzene rings is 2. The average Bonchev–Trinajstić information content (AvgIpc) is 2.43. The number of rotatable bonds is 4. The van der Waals surface area contributed by atoms with Crippen LogP contribution in [-0.2, 0) is 6.42 Å². The number of ether oxygens (including phenoxy) is 1. The van der Waals surface area contributed by atoms with Crippen LogP contribution in [0.4, 0.5) is 0 Å². The lowest BCUT2D eigenvalue weighted by atomic mass is 10.00. The van der Waals surface area contributed by atoms with Gasteiger partial charge in [0, 0.05) is 0 Å². The van der Waals surface area contributed by atoms with E-state index in [9.17, 15) is 0 Å². The zero-order valence-electron chi connectivity index (χ0n) is 11.6. The van der Waals surface area contributed by atoms with Crippen LogP contribution in [0.15, 0.2) is 42.5 Å². The molecule has 0 fully saturated rings. The third kappa shape index (κ3) is 3.51. The van der Waals surface area contributed by atoms with Crippen molar-refractivity contribution in [3.63, 3.8) is 0 Å². The van der Waals surface area contributed by atoms with Crippen molar-refractivity contribution in [2.45, 2.75) is 25.6 Å². The van der Waals surface area contributed by atoms with Crippen LogP contribution in [0.3, 0.4) is 0 Å². The summed E-state index contributed by atoms with van der Waals surface area (Å²) in [5, 5.41) is -0.0304. The first-order valence-corrected chi connectivity index (χ1v) is 6.88. The van der Waals surface area contributed by atoms with Gasteiger partial charge in [0.05, 0.1) is 12.5 Å². The van der Waals surface area contributed by atoms with E-state index in [0.717, 1.165) is 17.7 Å². The summed E-state index contributed by atoms with van der Waals surface area (Å²) in [6.45, 7) is 4.26. The lowest BCUT2D eigenvalue weighted by molar-refractivity contribution is 0.414. The summed E-state index contributed by atoms with van der Waals surface area (Å²) < 4.78 is 5.23. The summed E-state index contributed by atoms with van der Waals surface area (Å²) in [5.74, 6) is 0.850. The van der Waals surface area contributed by atoms with E-state index in [1.54, 1.807) is 7.11 Å². The molecule has 0 spiro atoms. The van der Waals surface area contributed by atoms with Gasteiger partial charge < -0.3 is 4.74 Å². The molecule has 0 aliphatic heterocycles. The van der Waals surface area contributed by atoms with E-state index in [1.807, 2.05) is 24.3 Å². The number of alkyl halides is 1. The molecular formula is C17H19ClO. The first-order chi connectivity index (χ1) is 9.10. The molecule has 0 saturated carbocycles. The van der Waals surface area contributed by atoms with Gasteiger partial charge in [-0.25, -0.2) is 0 Å². The number of hydrogen-bond acceptors (Lipinski definition) is 1. The van der Waals surface area contributed by atoms with E-state index in [-0.39, 0.29) is 5.38 Å². The number of halogens is 1. The third-order valence-corrected chi connectivity index (χ3v) is 3.85. The number of hydrogen-bond donors (Lipinski definition) is 0. The average molecular weight is 275 g/mol. The van der Waals surface area contributed by atoms with Gasteiger partial charge in [-0.2, -0.15) is 0 Å². The minimum Gasteiger partial charge on any atom is -0.497 e. The Morgan fingerprint density at radius 3 is 2.53 bits per heavy atom. The summed E-state index contributed by atoms with van der Waals surface area (Å²) in [4.78, 5) is 0. The molecular weight excluding hydrogens is 256 g/mol. The van der Waals surface area contributed by atoms with Crippen molar-refractivity contribution in [3.8, 4) is 5.75 Å². The molecule has 1 nitrogen and oxygen atoms in total. The van der Waals surface area contributed by atoms with Crippen LogP contribution in [-0.4, -0.2) is 7.11 Å². The van der Waals surface area contributed by atoms with Crippen LogP contribution in [0.5, 0.6) is 5.75 Å². The van der Waals surface area contributed by atoms with Crippen molar-refractivity contribution in [1.82, 2.24) is 0 Å². The van der Waals surface area contributed by atoms with Gasteiger partial charge >= 0.3 is 0 Å². The Hall–Kier alpha value is -1.47. The second kappa shape index (κ2) is 6.12. The zero-order chi connectivity index (χ0) is 13.8. The van der Waals surface area contributed by atoms with E-state index in [0.29, 0.717) is 0 Å². The molecule has 1 unspecified atom stereocenters. The molecule has 0 aliphatic carbocycles. The molecule has 1 atom stereocenters. The maximum absolute atomic E-state index is 6.51. The highest BCUT2D eigenvalue weighted by atomic mass is 35.5. The van der Waals surface area contributed by atoms with Gasteiger partial charge in [-0.1, -0.05) is 30.3 Å². The van der Waals surface area contributed by atoms with Crippen LogP contribution in [0.2, 0.25) is 0 Å². The SMILES string of the molecule is COc1cccc(C(Cl)Cc2ccc(C)c(C)c2)c1. The lowest BCUT2D eigenvalue weighted by Gasteiger charge is -2.12. The maximum Gasteiger partial charge on any atom is 0.119 e. The van der Waals surface area contributed by atoms with Gasteiger partial charge in [0.15, 0.2) is 0 Å². The predicted octanol–water partition coefficient (Wildman–Crippen LogP) is 4.83. The van der Waals surface area contributed by atoms with E-state index in [1.165, 1.54) is 16.7 Å². The highest BCUT2D eigenvalue weighted by Crippen LogP contribution is 2.28. The van der Waals surface area contributed by atoms with Gasteiger partial charge in [-0.3, -0.25) is 0 Å². The molecule has 0 saturated heterocycles. The minimum atomic E-state index is -0.0304. The second-order valence-corrected chi connectivity index (χ2v) is 5.39. The van der Waals surface area contributed by atoms with E-state index in [2.05, 4.69) is 32.0 Å². The van der Waals surface area contributed by atoms with Crippen molar-refractivity contribution in [2.24, 2.45) is 0 Å². The molecule has 0 radical (unpaired) electrons. The quantitative estimate of drug-likeness (QED) is 0.725. The van der Waals surface area contributed by atoms with Crippen molar-refractivity contribution in [1.29, 1.82) is 0 Å². The van der Waals surface area contributed by atoms with Crippen LogP contribution in [0.25, 0.3) is 0 Å². The Kier molecular flexibility index (Phi) is 4.49. The predicted molar refractivity (Wildman–Crippen MR) is 81.2 cm³/mol. The van der Waals surface area contributed by atoms with E-state index < -0.39 is 0 Å². The van der Waals surface area contributed by atoms with Gasteiger partial charge in [-0.05, 0) is 54.7 Å². The molecule has 0 N–H and O–H groups in total. The molecule has 2 aromatic carbocycles. The smallest absolute Gasteiger partial charge is 0.119 e. The number of aryl methyl sites for hydroxylation is 2. The second-order valence-electron chi connectivity index (χ2n) is 4.87. The summed E-state index contributed by atoms with van der Waals surface area (Å²) in [5.41, 5.74) is 4.99. The molecule has 2 aromatic rings. The van der Waals surface area contributed by atoms with Crippen molar-refractivity contribution in [2.75, 3.05) is 7.11 Å². The Morgan fingerprint density at radius 2 is 1.84 bits per heavy atom. The van der Waals surface area contributed by atoms with Crippen LogP contribution >= 0.6 is 11.6 Å². The van der Waals surface area contributed by atoms with Gasteiger partial charge in [-0.15, -0.1) is 11.6 Å². The zero-order valence-corrected chi connectivity index (χ0v) is 12.4. The molecule has 100 valence electrons. The fourth-order valence-electron chi connectivity index (χ4n) is 2.09. The molecule has 2 rings (SSSR count). The Bertz CT molecular complexity index is 563. The fraction of sp³-hybridized carbons (Fsp3) is 0.294. The summed E-state index contributed by atoms with van der Waals surface area (Å²) in [6, 6.07) is 14.5. The lowest BCUT2D eigenvalue weighted by Crippen LogP contribution is -1.97.